The molecule has 1 amide bonds. The summed E-state index contributed by atoms with van der Waals surface area (Å²) in [5.41, 5.74) is 3.54. The van der Waals surface area contributed by atoms with E-state index in [-0.39, 0.29) is 11.7 Å². The first-order valence-electron chi connectivity index (χ1n) is 8.88. The summed E-state index contributed by atoms with van der Waals surface area (Å²) in [5.74, 6) is -0.241. The van der Waals surface area contributed by atoms with Crippen molar-refractivity contribution in [3.8, 4) is 0 Å². The van der Waals surface area contributed by atoms with E-state index >= 15 is 0 Å². The molecular weight excluding hydrogens is 374 g/mol. The SMILES string of the molecule is CC(=O)c1cccc(Nc2ccnc(C(=O)NCCc3ccc(Cl)cc3)c2)c1. The molecule has 0 unspecified atom stereocenters. The Labute approximate surface area is 168 Å². The number of amides is 1. The zero-order valence-corrected chi connectivity index (χ0v) is 16.2. The zero-order chi connectivity index (χ0) is 19.9. The van der Waals surface area contributed by atoms with E-state index < -0.39 is 0 Å². The summed E-state index contributed by atoms with van der Waals surface area (Å²) in [6.45, 7) is 2.03. The molecule has 3 aromatic rings. The Morgan fingerprint density at radius 1 is 1.00 bits per heavy atom. The Kier molecular flexibility index (Phi) is 6.40. The van der Waals surface area contributed by atoms with Gasteiger partial charge in [-0.05, 0) is 55.3 Å². The number of nitrogens with one attached hydrogen (secondary N) is 2. The van der Waals surface area contributed by atoms with Gasteiger partial charge in [-0.25, -0.2) is 0 Å². The molecule has 3 rings (SSSR count). The van der Waals surface area contributed by atoms with Gasteiger partial charge in [0.1, 0.15) is 5.69 Å². The van der Waals surface area contributed by atoms with Gasteiger partial charge in [0, 0.05) is 34.7 Å². The van der Waals surface area contributed by atoms with E-state index in [1.807, 2.05) is 36.4 Å². The monoisotopic (exact) mass is 393 g/mol. The Balaban J connectivity index is 1.60. The number of carbonyl (C=O) groups is 2. The molecule has 5 nitrogen and oxygen atoms in total. The van der Waals surface area contributed by atoms with Gasteiger partial charge >= 0.3 is 0 Å². The second-order valence-electron chi connectivity index (χ2n) is 6.32. The van der Waals surface area contributed by atoms with E-state index in [1.165, 1.54) is 6.92 Å². The van der Waals surface area contributed by atoms with Crippen LogP contribution in [0.2, 0.25) is 5.02 Å². The molecule has 28 heavy (non-hydrogen) atoms. The van der Waals surface area contributed by atoms with Crippen LogP contribution < -0.4 is 10.6 Å². The largest absolute Gasteiger partial charge is 0.355 e. The van der Waals surface area contributed by atoms with Crippen LogP contribution in [-0.2, 0) is 6.42 Å². The Bertz CT molecular complexity index is 987. The third kappa shape index (κ3) is 5.41. The molecule has 0 saturated heterocycles. The molecule has 0 bridgehead atoms. The number of nitrogens with zero attached hydrogens (tertiary/aromatic N) is 1. The Morgan fingerprint density at radius 2 is 1.75 bits per heavy atom. The van der Waals surface area contributed by atoms with Gasteiger partial charge in [0.15, 0.2) is 5.78 Å². The lowest BCUT2D eigenvalue weighted by Crippen LogP contribution is -2.26. The fraction of sp³-hybridized carbons (Fsp3) is 0.136. The van der Waals surface area contributed by atoms with Crippen molar-refractivity contribution in [2.24, 2.45) is 0 Å². The number of halogens is 1. The summed E-state index contributed by atoms with van der Waals surface area (Å²) in [4.78, 5) is 28.0. The van der Waals surface area contributed by atoms with Crippen LogP contribution in [0, 0.1) is 0 Å². The molecule has 0 spiro atoms. The predicted octanol–water partition coefficient (Wildman–Crippen LogP) is 4.65. The highest BCUT2D eigenvalue weighted by Crippen LogP contribution is 2.18. The summed E-state index contributed by atoms with van der Waals surface area (Å²) in [7, 11) is 0. The van der Waals surface area contributed by atoms with Crippen molar-refractivity contribution in [2.45, 2.75) is 13.3 Å². The molecular formula is C22H20ClN3O2. The van der Waals surface area contributed by atoms with Crippen LogP contribution in [0.1, 0.15) is 33.3 Å². The van der Waals surface area contributed by atoms with Gasteiger partial charge < -0.3 is 10.6 Å². The lowest BCUT2D eigenvalue weighted by atomic mass is 10.1. The number of aromatic nitrogens is 1. The molecule has 2 aromatic carbocycles. The topological polar surface area (TPSA) is 71.1 Å². The number of benzene rings is 2. The van der Waals surface area contributed by atoms with Gasteiger partial charge in [-0.15, -0.1) is 0 Å². The van der Waals surface area contributed by atoms with E-state index in [0.29, 0.717) is 29.2 Å². The normalized spacial score (nSPS) is 10.4. The maximum absolute atomic E-state index is 12.4. The van der Waals surface area contributed by atoms with Crippen molar-refractivity contribution < 1.29 is 9.59 Å². The van der Waals surface area contributed by atoms with Gasteiger partial charge in [-0.3, -0.25) is 14.6 Å². The maximum Gasteiger partial charge on any atom is 0.269 e. The minimum Gasteiger partial charge on any atom is -0.355 e. The number of ketones is 1. The summed E-state index contributed by atoms with van der Waals surface area (Å²) in [5, 5.41) is 6.76. The fourth-order valence-electron chi connectivity index (χ4n) is 2.68. The smallest absolute Gasteiger partial charge is 0.269 e. The van der Waals surface area contributed by atoms with Gasteiger partial charge in [0.2, 0.25) is 0 Å². The van der Waals surface area contributed by atoms with Crippen molar-refractivity contribution >= 4 is 34.7 Å². The van der Waals surface area contributed by atoms with E-state index in [0.717, 1.165) is 16.9 Å². The van der Waals surface area contributed by atoms with Crippen LogP contribution in [0.5, 0.6) is 0 Å². The maximum atomic E-state index is 12.4. The van der Waals surface area contributed by atoms with Crippen LogP contribution in [0.4, 0.5) is 11.4 Å². The molecule has 1 heterocycles. The summed E-state index contributed by atoms with van der Waals surface area (Å²) < 4.78 is 0. The molecule has 0 aliphatic carbocycles. The average molecular weight is 394 g/mol. The van der Waals surface area contributed by atoms with E-state index in [1.54, 1.807) is 30.5 Å². The van der Waals surface area contributed by atoms with Crippen LogP contribution in [-0.4, -0.2) is 23.2 Å². The predicted molar refractivity (Wildman–Crippen MR) is 111 cm³/mol. The molecule has 0 radical (unpaired) electrons. The van der Waals surface area contributed by atoms with Gasteiger partial charge in [0.05, 0.1) is 0 Å². The number of rotatable bonds is 7. The van der Waals surface area contributed by atoms with Gasteiger partial charge in [-0.1, -0.05) is 35.9 Å². The number of Topliss-reactive ketones (excluding diaryl/α,β-unsaturated/α-hetero) is 1. The number of anilines is 2. The van der Waals surface area contributed by atoms with Crippen LogP contribution in [0.15, 0.2) is 66.9 Å². The van der Waals surface area contributed by atoms with Crippen molar-refractivity contribution in [2.75, 3.05) is 11.9 Å². The summed E-state index contributed by atoms with van der Waals surface area (Å²) in [6, 6.07) is 18.2. The van der Waals surface area contributed by atoms with Crippen molar-refractivity contribution in [1.82, 2.24) is 10.3 Å². The average Bonchev–Trinajstić information content (AvgIpc) is 2.70. The third-order valence-corrected chi connectivity index (χ3v) is 4.41. The minimum atomic E-state index is -0.241. The number of hydrogen-bond acceptors (Lipinski definition) is 4. The van der Waals surface area contributed by atoms with Crippen LogP contribution >= 0.6 is 11.6 Å². The van der Waals surface area contributed by atoms with Crippen molar-refractivity contribution in [1.29, 1.82) is 0 Å². The van der Waals surface area contributed by atoms with Gasteiger partial charge in [-0.2, -0.15) is 0 Å². The highest BCUT2D eigenvalue weighted by Gasteiger charge is 2.08. The molecule has 0 saturated carbocycles. The standard InChI is InChI=1S/C22H20ClN3O2/c1-15(27)17-3-2-4-19(13-17)26-20-10-12-24-21(14-20)22(28)25-11-9-16-5-7-18(23)8-6-16/h2-8,10,12-14H,9,11H2,1H3,(H,24,26)(H,25,28). The third-order valence-electron chi connectivity index (χ3n) is 4.16. The van der Waals surface area contributed by atoms with Crippen molar-refractivity contribution in [3.05, 3.63) is 88.7 Å². The number of hydrogen-bond donors (Lipinski definition) is 2. The van der Waals surface area contributed by atoms with Crippen LogP contribution in [0.3, 0.4) is 0 Å². The minimum absolute atomic E-state index is 0.000803. The molecule has 0 fully saturated rings. The summed E-state index contributed by atoms with van der Waals surface area (Å²) in [6.07, 6.45) is 2.28. The Hall–Kier alpha value is -3.18. The fourth-order valence-corrected chi connectivity index (χ4v) is 2.80. The molecule has 1 aromatic heterocycles. The molecule has 0 aliphatic rings. The first kappa shape index (κ1) is 19.6. The van der Waals surface area contributed by atoms with Gasteiger partial charge in [0.25, 0.3) is 5.91 Å². The molecule has 2 N–H and O–H groups in total. The van der Waals surface area contributed by atoms with E-state index in [4.69, 9.17) is 11.6 Å². The lowest BCUT2D eigenvalue weighted by Gasteiger charge is -2.09. The lowest BCUT2D eigenvalue weighted by molar-refractivity contribution is 0.0948. The number of pyridine rings is 1. The second-order valence-corrected chi connectivity index (χ2v) is 6.76. The molecule has 0 atom stereocenters. The molecule has 6 heteroatoms. The highest BCUT2D eigenvalue weighted by molar-refractivity contribution is 6.30. The van der Waals surface area contributed by atoms with E-state index in [2.05, 4.69) is 15.6 Å². The highest BCUT2D eigenvalue weighted by atomic mass is 35.5. The molecule has 0 aliphatic heterocycles. The van der Waals surface area contributed by atoms with E-state index in [9.17, 15) is 9.59 Å². The second kappa shape index (κ2) is 9.15. The number of carbonyl (C=O) groups excluding carboxylic acids is 2. The van der Waals surface area contributed by atoms with Crippen LogP contribution in [0.25, 0.3) is 0 Å². The van der Waals surface area contributed by atoms with Crippen molar-refractivity contribution in [3.63, 3.8) is 0 Å². The first-order valence-corrected chi connectivity index (χ1v) is 9.26. The zero-order valence-electron chi connectivity index (χ0n) is 15.4. The first-order chi connectivity index (χ1) is 13.5. The quantitative estimate of drug-likeness (QED) is 0.573. The Morgan fingerprint density at radius 3 is 2.50 bits per heavy atom. The summed E-state index contributed by atoms with van der Waals surface area (Å²) >= 11 is 5.87. The molecule has 142 valence electrons.